The first-order valence-corrected chi connectivity index (χ1v) is 6.83. The van der Waals surface area contributed by atoms with Gasteiger partial charge in [0.25, 0.3) is 0 Å². The van der Waals surface area contributed by atoms with E-state index in [2.05, 4.69) is 6.92 Å². The molecule has 4 fully saturated rings. The summed E-state index contributed by atoms with van der Waals surface area (Å²) >= 11 is 0. The van der Waals surface area contributed by atoms with Crippen LogP contribution in [0.3, 0.4) is 0 Å². The summed E-state index contributed by atoms with van der Waals surface area (Å²) in [6.45, 7) is 4.85. The van der Waals surface area contributed by atoms with Gasteiger partial charge in [0.15, 0.2) is 0 Å². The molecule has 1 amide bonds. The van der Waals surface area contributed by atoms with Gasteiger partial charge in [-0.05, 0) is 31.6 Å². The third kappa shape index (κ3) is 0.838. The lowest BCUT2D eigenvalue weighted by Gasteiger charge is -2.37. The van der Waals surface area contributed by atoms with Crippen molar-refractivity contribution in [2.24, 2.45) is 23.7 Å². The fourth-order valence-corrected chi connectivity index (χ4v) is 5.29. The molecular formula is C13H19NO3. The molecule has 2 bridgehead atoms. The molecule has 0 spiro atoms. The first kappa shape index (κ1) is 10.3. The fourth-order valence-electron chi connectivity index (χ4n) is 5.29. The molecule has 0 aromatic rings. The molecular weight excluding hydrogens is 218 g/mol. The van der Waals surface area contributed by atoms with E-state index in [-0.39, 0.29) is 23.8 Å². The SMILES string of the molecule is CCN1C(=O)[C@@H]2[C@H]3C[C@H]4[C@H](O[C@]1(CC)[C@@H]42)[C@@H]3O. The van der Waals surface area contributed by atoms with E-state index in [1.165, 1.54) is 0 Å². The van der Waals surface area contributed by atoms with Gasteiger partial charge in [0.05, 0.1) is 18.1 Å². The smallest absolute Gasteiger partial charge is 0.228 e. The second-order valence-corrected chi connectivity index (χ2v) is 5.97. The van der Waals surface area contributed by atoms with Crippen LogP contribution in [0.2, 0.25) is 0 Å². The minimum absolute atomic E-state index is 0.0108. The fraction of sp³-hybridized carbons (Fsp3) is 0.923. The van der Waals surface area contributed by atoms with Gasteiger partial charge in [-0.25, -0.2) is 0 Å². The summed E-state index contributed by atoms with van der Waals surface area (Å²) in [5.41, 5.74) is -0.391. The number of fused-ring (bicyclic) bond motifs is 2. The molecule has 0 radical (unpaired) electrons. The maximum absolute atomic E-state index is 12.5. The summed E-state index contributed by atoms with van der Waals surface area (Å²) < 4.78 is 6.21. The summed E-state index contributed by atoms with van der Waals surface area (Å²) in [6.07, 6.45) is 1.42. The van der Waals surface area contributed by atoms with Crippen molar-refractivity contribution in [3.05, 3.63) is 0 Å². The third-order valence-corrected chi connectivity index (χ3v) is 5.74. The van der Waals surface area contributed by atoms with Gasteiger partial charge in [0.2, 0.25) is 5.91 Å². The zero-order valence-electron chi connectivity index (χ0n) is 10.3. The highest BCUT2D eigenvalue weighted by Crippen LogP contribution is 2.68. The van der Waals surface area contributed by atoms with Crippen LogP contribution in [0, 0.1) is 23.7 Å². The second kappa shape index (κ2) is 2.86. The van der Waals surface area contributed by atoms with Gasteiger partial charge in [-0.15, -0.1) is 0 Å². The molecule has 2 heterocycles. The van der Waals surface area contributed by atoms with Crippen LogP contribution in [0.4, 0.5) is 0 Å². The van der Waals surface area contributed by atoms with Crippen molar-refractivity contribution in [3.63, 3.8) is 0 Å². The highest BCUT2D eigenvalue weighted by molar-refractivity contribution is 5.84. The van der Waals surface area contributed by atoms with Crippen LogP contribution in [0.5, 0.6) is 0 Å². The Bertz CT molecular complexity index is 398. The second-order valence-electron chi connectivity index (χ2n) is 5.97. The number of hydrogen-bond donors (Lipinski definition) is 1. The lowest BCUT2D eigenvalue weighted by Crippen LogP contribution is -2.50. The molecule has 4 heteroatoms. The zero-order chi connectivity index (χ0) is 11.9. The molecule has 0 aromatic carbocycles. The topological polar surface area (TPSA) is 49.8 Å². The average molecular weight is 237 g/mol. The van der Waals surface area contributed by atoms with E-state index in [4.69, 9.17) is 4.74 Å². The lowest BCUT2D eigenvalue weighted by atomic mass is 9.76. The van der Waals surface area contributed by atoms with E-state index in [1.54, 1.807) is 0 Å². The number of aliphatic hydroxyl groups excluding tert-OH is 1. The molecule has 2 aliphatic carbocycles. The van der Waals surface area contributed by atoms with Crippen molar-refractivity contribution in [2.75, 3.05) is 6.54 Å². The first-order valence-electron chi connectivity index (χ1n) is 6.83. The van der Waals surface area contributed by atoms with Gasteiger partial charge >= 0.3 is 0 Å². The van der Waals surface area contributed by atoms with E-state index >= 15 is 0 Å². The molecule has 4 rings (SSSR count). The van der Waals surface area contributed by atoms with Gasteiger partial charge in [-0.3, -0.25) is 4.79 Å². The molecule has 0 aromatic heterocycles. The minimum Gasteiger partial charge on any atom is -0.390 e. The van der Waals surface area contributed by atoms with E-state index in [1.807, 2.05) is 11.8 Å². The van der Waals surface area contributed by atoms with E-state index in [9.17, 15) is 9.90 Å². The van der Waals surface area contributed by atoms with E-state index in [0.717, 1.165) is 19.4 Å². The van der Waals surface area contributed by atoms with Crippen LogP contribution < -0.4 is 0 Å². The van der Waals surface area contributed by atoms with Crippen LogP contribution >= 0.6 is 0 Å². The van der Waals surface area contributed by atoms with Crippen molar-refractivity contribution >= 4 is 5.91 Å². The molecule has 7 atom stereocenters. The first-order chi connectivity index (χ1) is 8.15. The molecule has 0 unspecified atom stereocenters. The highest BCUT2D eigenvalue weighted by atomic mass is 16.6. The van der Waals surface area contributed by atoms with Gasteiger partial charge < -0.3 is 14.7 Å². The number of aliphatic hydroxyl groups is 1. The third-order valence-electron chi connectivity index (χ3n) is 5.74. The molecule has 4 aliphatic rings. The molecule has 1 N–H and O–H groups in total. The van der Waals surface area contributed by atoms with Crippen LogP contribution in [-0.2, 0) is 9.53 Å². The summed E-state index contributed by atoms with van der Waals surface area (Å²) in [5, 5.41) is 10.2. The Labute approximate surface area is 101 Å². The highest BCUT2D eigenvalue weighted by Gasteiger charge is 2.77. The Hall–Kier alpha value is -0.610. The number of rotatable bonds is 2. The van der Waals surface area contributed by atoms with E-state index in [0.29, 0.717) is 11.8 Å². The molecule has 17 heavy (non-hydrogen) atoms. The summed E-state index contributed by atoms with van der Waals surface area (Å²) in [5.74, 6) is 1.18. The maximum atomic E-state index is 12.5. The van der Waals surface area contributed by atoms with Gasteiger partial charge in [-0.1, -0.05) is 6.92 Å². The normalized spacial score (nSPS) is 58.5. The van der Waals surface area contributed by atoms with Crippen molar-refractivity contribution in [1.29, 1.82) is 0 Å². The van der Waals surface area contributed by atoms with Crippen molar-refractivity contribution in [2.45, 2.75) is 44.6 Å². The minimum atomic E-state index is -0.405. The monoisotopic (exact) mass is 237 g/mol. The molecule has 2 aliphatic heterocycles. The number of carbonyl (C=O) groups is 1. The molecule has 2 saturated carbocycles. The average Bonchev–Trinajstić information content (AvgIpc) is 2.95. The Morgan fingerprint density at radius 3 is 2.88 bits per heavy atom. The Kier molecular flexibility index (Phi) is 1.74. The predicted molar refractivity (Wildman–Crippen MR) is 59.9 cm³/mol. The lowest BCUT2D eigenvalue weighted by molar-refractivity contribution is -0.178. The summed E-state index contributed by atoms with van der Waals surface area (Å²) in [6, 6.07) is 0. The predicted octanol–water partition coefficient (Wildman–Crippen LogP) is 0.597. The van der Waals surface area contributed by atoms with Gasteiger partial charge in [-0.2, -0.15) is 0 Å². The van der Waals surface area contributed by atoms with Crippen molar-refractivity contribution < 1.29 is 14.6 Å². The standard InChI is InChI=1S/C13H19NO3/c1-3-13-9-7-5-6(10(15)11(7)17-13)8(9)12(16)14(13)4-2/h6-11,15H,3-5H2,1-2H3/t6-,7-,8-,9+,10-,11+,13-/m1/s1. The van der Waals surface area contributed by atoms with Crippen LogP contribution in [-0.4, -0.2) is 40.4 Å². The van der Waals surface area contributed by atoms with Crippen LogP contribution in [0.25, 0.3) is 0 Å². The van der Waals surface area contributed by atoms with Crippen molar-refractivity contribution in [1.82, 2.24) is 4.90 Å². The van der Waals surface area contributed by atoms with E-state index < -0.39 is 11.8 Å². The molecule has 2 saturated heterocycles. The van der Waals surface area contributed by atoms with Crippen LogP contribution in [0.15, 0.2) is 0 Å². The number of ether oxygens (including phenoxy) is 1. The number of nitrogens with zero attached hydrogens (tertiary/aromatic N) is 1. The van der Waals surface area contributed by atoms with Crippen molar-refractivity contribution in [3.8, 4) is 0 Å². The quantitative estimate of drug-likeness (QED) is 0.765. The summed E-state index contributed by atoms with van der Waals surface area (Å²) in [4.78, 5) is 14.4. The molecule has 4 nitrogen and oxygen atoms in total. The Balaban J connectivity index is 1.88. The molecule has 94 valence electrons. The Morgan fingerprint density at radius 1 is 1.47 bits per heavy atom. The maximum Gasteiger partial charge on any atom is 0.228 e. The number of carbonyl (C=O) groups excluding carboxylic acids is 1. The van der Waals surface area contributed by atoms with Crippen LogP contribution in [0.1, 0.15) is 26.7 Å². The zero-order valence-corrected chi connectivity index (χ0v) is 10.3. The number of hydrogen-bond acceptors (Lipinski definition) is 3. The number of amides is 1. The largest absolute Gasteiger partial charge is 0.390 e. The number of likely N-dealkylation sites (tertiary alicyclic amines) is 1. The Morgan fingerprint density at radius 2 is 2.24 bits per heavy atom. The van der Waals surface area contributed by atoms with Gasteiger partial charge in [0, 0.05) is 12.5 Å². The van der Waals surface area contributed by atoms with Gasteiger partial charge in [0.1, 0.15) is 5.72 Å². The summed E-state index contributed by atoms with van der Waals surface area (Å²) in [7, 11) is 0.